The van der Waals surface area contributed by atoms with Crippen molar-refractivity contribution in [3.8, 4) is 0 Å². The SMILES string of the molecule is COCC(CCC(Cl)(Cl)Br)(COC)C1CCCCC1. The Balaban J connectivity index is 2.78. The quantitative estimate of drug-likeness (QED) is 0.546. The summed E-state index contributed by atoms with van der Waals surface area (Å²) in [7, 11) is 3.52. The molecule has 0 radical (unpaired) electrons. The summed E-state index contributed by atoms with van der Waals surface area (Å²) in [6, 6.07) is 0. The Labute approximate surface area is 135 Å². The molecule has 0 aromatic heterocycles. The third kappa shape index (κ3) is 6.09. The minimum absolute atomic E-state index is 0.0344. The lowest BCUT2D eigenvalue weighted by Gasteiger charge is -2.42. The Morgan fingerprint density at radius 3 is 1.95 bits per heavy atom. The first kappa shape index (κ1) is 18.0. The fourth-order valence-corrected chi connectivity index (χ4v) is 3.69. The smallest absolute Gasteiger partial charge is 0.172 e. The highest BCUT2D eigenvalue weighted by Crippen LogP contribution is 2.46. The number of hydrogen-bond donors (Lipinski definition) is 0. The van der Waals surface area contributed by atoms with Crippen molar-refractivity contribution >= 4 is 39.1 Å². The van der Waals surface area contributed by atoms with Crippen LogP contribution in [0.3, 0.4) is 0 Å². The number of halogens is 3. The van der Waals surface area contributed by atoms with E-state index in [9.17, 15) is 0 Å². The largest absolute Gasteiger partial charge is 0.384 e. The van der Waals surface area contributed by atoms with Gasteiger partial charge in [-0.05, 0) is 47.5 Å². The van der Waals surface area contributed by atoms with Gasteiger partial charge in [-0.25, -0.2) is 0 Å². The van der Waals surface area contributed by atoms with Gasteiger partial charge in [0, 0.05) is 19.6 Å². The lowest BCUT2D eigenvalue weighted by molar-refractivity contribution is -0.0471. The van der Waals surface area contributed by atoms with E-state index < -0.39 is 3.24 Å². The van der Waals surface area contributed by atoms with Gasteiger partial charge in [0.05, 0.1) is 13.2 Å². The van der Waals surface area contributed by atoms with E-state index in [-0.39, 0.29) is 5.41 Å². The van der Waals surface area contributed by atoms with Crippen molar-refractivity contribution < 1.29 is 9.47 Å². The number of rotatable bonds is 8. The molecule has 1 saturated carbocycles. The van der Waals surface area contributed by atoms with E-state index in [0.29, 0.717) is 25.6 Å². The van der Waals surface area contributed by atoms with Gasteiger partial charge in [-0.1, -0.05) is 42.5 Å². The molecule has 1 aliphatic rings. The zero-order chi connectivity index (χ0) is 14.4. The summed E-state index contributed by atoms with van der Waals surface area (Å²) < 4.78 is 10.1. The van der Waals surface area contributed by atoms with Crippen molar-refractivity contribution in [2.75, 3.05) is 27.4 Å². The predicted octanol–water partition coefficient (Wildman–Crippen LogP) is 5.15. The average molecular weight is 376 g/mol. The normalized spacial score (nSPS) is 18.8. The first-order valence-electron chi connectivity index (χ1n) is 6.98. The van der Waals surface area contributed by atoms with Gasteiger partial charge in [0.1, 0.15) is 0 Å². The minimum Gasteiger partial charge on any atom is -0.384 e. The standard InChI is InChI=1S/C14H25BrCl2O2/c1-18-10-13(11-19-2,8-9-14(15,16)17)12-6-4-3-5-7-12/h12H,3-11H2,1-2H3. The van der Waals surface area contributed by atoms with E-state index in [1.54, 1.807) is 14.2 Å². The minimum atomic E-state index is -0.853. The second kappa shape index (κ2) is 8.43. The zero-order valence-corrected chi connectivity index (χ0v) is 15.0. The average Bonchev–Trinajstić information content (AvgIpc) is 2.37. The van der Waals surface area contributed by atoms with Gasteiger partial charge in [-0.2, -0.15) is 0 Å². The molecule has 0 spiro atoms. The molecule has 5 heteroatoms. The molecule has 1 rings (SSSR count). The van der Waals surface area contributed by atoms with Crippen LogP contribution in [0.15, 0.2) is 0 Å². The third-order valence-electron chi connectivity index (χ3n) is 4.24. The maximum atomic E-state index is 6.08. The Hall–Kier alpha value is 0.980. The monoisotopic (exact) mass is 374 g/mol. The highest BCUT2D eigenvalue weighted by molar-refractivity contribution is 9.11. The lowest BCUT2D eigenvalue weighted by atomic mass is 9.67. The van der Waals surface area contributed by atoms with Crippen LogP contribution in [0.2, 0.25) is 0 Å². The number of hydrogen-bond acceptors (Lipinski definition) is 2. The maximum absolute atomic E-state index is 6.08. The Kier molecular flexibility index (Phi) is 8.00. The summed E-state index contributed by atoms with van der Waals surface area (Å²) in [6.45, 7) is 1.42. The molecule has 2 nitrogen and oxygen atoms in total. The van der Waals surface area contributed by atoms with Crippen LogP contribution in [0, 0.1) is 11.3 Å². The summed E-state index contributed by atoms with van der Waals surface area (Å²) in [4.78, 5) is 0. The van der Waals surface area contributed by atoms with Gasteiger partial charge < -0.3 is 9.47 Å². The second-order valence-electron chi connectivity index (χ2n) is 5.68. The van der Waals surface area contributed by atoms with E-state index >= 15 is 0 Å². The lowest BCUT2D eigenvalue weighted by Crippen LogP contribution is -2.41. The Morgan fingerprint density at radius 1 is 1.00 bits per heavy atom. The fraction of sp³-hybridized carbons (Fsp3) is 1.00. The van der Waals surface area contributed by atoms with Gasteiger partial charge in [0.15, 0.2) is 3.24 Å². The van der Waals surface area contributed by atoms with Crippen LogP contribution in [0.1, 0.15) is 44.9 Å². The van der Waals surface area contributed by atoms with Crippen molar-refractivity contribution in [3.05, 3.63) is 0 Å². The third-order valence-corrected chi connectivity index (χ3v) is 5.02. The molecule has 0 aromatic rings. The number of ether oxygens (including phenoxy) is 2. The summed E-state index contributed by atoms with van der Waals surface area (Å²) in [5.41, 5.74) is 0.0344. The molecule has 0 heterocycles. The fourth-order valence-electron chi connectivity index (χ4n) is 3.31. The number of methoxy groups -OCH3 is 2. The van der Waals surface area contributed by atoms with E-state index in [1.165, 1.54) is 32.1 Å². The molecule has 19 heavy (non-hydrogen) atoms. The summed E-state index contributed by atoms with van der Waals surface area (Å²) in [5.74, 6) is 0.643. The van der Waals surface area contributed by atoms with Crippen LogP contribution in [0.25, 0.3) is 0 Å². The molecular weight excluding hydrogens is 351 g/mol. The van der Waals surface area contributed by atoms with Crippen molar-refractivity contribution in [1.29, 1.82) is 0 Å². The molecular formula is C14H25BrCl2O2. The molecule has 1 fully saturated rings. The van der Waals surface area contributed by atoms with Crippen molar-refractivity contribution in [1.82, 2.24) is 0 Å². The molecule has 0 aliphatic heterocycles. The van der Waals surface area contributed by atoms with Crippen LogP contribution in [0.5, 0.6) is 0 Å². The predicted molar refractivity (Wildman–Crippen MR) is 85.4 cm³/mol. The molecule has 0 unspecified atom stereocenters. The second-order valence-corrected chi connectivity index (χ2v) is 9.43. The number of alkyl halides is 3. The van der Waals surface area contributed by atoms with Crippen LogP contribution in [-0.4, -0.2) is 30.7 Å². The van der Waals surface area contributed by atoms with Gasteiger partial charge in [-0.15, -0.1) is 0 Å². The molecule has 0 atom stereocenters. The van der Waals surface area contributed by atoms with Crippen molar-refractivity contribution in [3.63, 3.8) is 0 Å². The first-order valence-corrected chi connectivity index (χ1v) is 8.53. The Morgan fingerprint density at radius 2 is 1.53 bits per heavy atom. The van der Waals surface area contributed by atoms with Crippen LogP contribution in [-0.2, 0) is 9.47 Å². The molecule has 0 amide bonds. The van der Waals surface area contributed by atoms with Crippen LogP contribution < -0.4 is 0 Å². The Bertz CT molecular complexity index is 244. The van der Waals surface area contributed by atoms with E-state index in [1.807, 2.05) is 0 Å². The van der Waals surface area contributed by atoms with Crippen molar-refractivity contribution in [2.45, 2.75) is 48.2 Å². The van der Waals surface area contributed by atoms with Crippen LogP contribution >= 0.6 is 39.1 Å². The topological polar surface area (TPSA) is 18.5 Å². The van der Waals surface area contributed by atoms with Gasteiger partial charge >= 0.3 is 0 Å². The van der Waals surface area contributed by atoms with E-state index in [2.05, 4.69) is 15.9 Å². The van der Waals surface area contributed by atoms with Crippen molar-refractivity contribution in [2.24, 2.45) is 11.3 Å². The zero-order valence-electron chi connectivity index (χ0n) is 11.9. The van der Waals surface area contributed by atoms with Gasteiger partial charge in [0.25, 0.3) is 0 Å². The highest BCUT2D eigenvalue weighted by Gasteiger charge is 2.40. The van der Waals surface area contributed by atoms with E-state index in [4.69, 9.17) is 32.7 Å². The summed E-state index contributed by atoms with van der Waals surface area (Å²) >= 11 is 15.5. The van der Waals surface area contributed by atoms with Gasteiger partial charge in [0.2, 0.25) is 0 Å². The van der Waals surface area contributed by atoms with E-state index in [0.717, 1.165) is 6.42 Å². The molecule has 0 N–H and O–H groups in total. The molecule has 114 valence electrons. The summed E-state index contributed by atoms with van der Waals surface area (Å²) in [6.07, 6.45) is 8.08. The van der Waals surface area contributed by atoms with Crippen LogP contribution in [0.4, 0.5) is 0 Å². The molecule has 0 aromatic carbocycles. The van der Waals surface area contributed by atoms with Gasteiger partial charge in [-0.3, -0.25) is 0 Å². The maximum Gasteiger partial charge on any atom is 0.172 e. The molecule has 1 aliphatic carbocycles. The highest BCUT2D eigenvalue weighted by atomic mass is 79.9. The summed E-state index contributed by atoms with van der Waals surface area (Å²) in [5, 5.41) is 0. The molecule has 0 bridgehead atoms. The molecule has 0 saturated heterocycles. The first-order chi connectivity index (χ1) is 8.93.